The zero-order valence-electron chi connectivity index (χ0n) is 7.81. The van der Waals surface area contributed by atoms with Crippen molar-refractivity contribution in [2.45, 2.75) is 12.6 Å². The summed E-state index contributed by atoms with van der Waals surface area (Å²) in [5.74, 6) is -2.21. The zero-order chi connectivity index (χ0) is 12.3. The van der Waals surface area contributed by atoms with E-state index in [2.05, 4.69) is 0 Å². The average molecular weight is 231 g/mol. The second kappa shape index (κ2) is 4.31. The van der Waals surface area contributed by atoms with Gasteiger partial charge in [-0.05, 0) is 18.2 Å². The van der Waals surface area contributed by atoms with Crippen LogP contribution in [0.2, 0.25) is 0 Å². The van der Waals surface area contributed by atoms with E-state index in [1.807, 2.05) is 0 Å². The van der Waals surface area contributed by atoms with Crippen molar-refractivity contribution in [2.75, 3.05) is 0 Å². The van der Waals surface area contributed by atoms with Gasteiger partial charge in [0.25, 0.3) is 0 Å². The van der Waals surface area contributed by atoms with Crippen molar-refractivity contribution in [3.8, 4) is 6.07 Å². The molecule has 0 N–H and O–H groups in total. The zero-order valence-corrected chi connectivity index (χ0v) is 7.81. The number of halogens is 4. The van der Waals surface area contributed by atoms with Gasteiger partial charge in [-0.15, -0.1) is 0 Å². The van der Waals surface area contributed by atoms with Crippen molar-refractivity contribution >= 4 is 5.78 Å². The van der Waals surface area contributed by atoms with E-state index in [0.29, 0.717) is 12.1 Å². The van der Waals surface area contributed by atoms with Crippen molar-refractivity contribution in [2.24, 2.45) is 0 Å². The van der Waals surface area contributed by atoms with Gasteiger partial charge in [0.15, 0.2) is 5.78 Å². The van der Waals surface area contributed by atoms with Gasteiger partial charge in [0.1, 0.15) is 5.82 Å². The summed E-state index contributed by atoms with van der Waals surface area (Å²) >= 11 is 0. The summed E-state index contributed by atoms with van der Waals surface area (Å²) in [4.78, 5) is 11.1. The highest BCUT2D eigenvalue weighted by Crippen LogP contribution is 2.32. The number of carbonyl (C=O) groups excluding carboxylic acids is 1. The van der Waals surface area contributed by atoms with Gasteiger partial charge >= 0.3 is 6.18 Å². The highest BCUT2D eigenvalue weighted by atomic mass is 19.4. The summed E-state index contributed by atoms with van der Waals surface area (Å²) < 4.78 is 49.6. The summed E-state index contributed by atoms with van der Waals surface area (Å²) in [5.41, 5.74) is -1.83. The fourth-order valence-corrected chi connectivity index (χ4v) is 1.09. The number of alkyl halides is 3. The van der Waals surface area contributed by atoms with Crippen molar-refractivity contribution in [1.82, 2.24) is 0 Å². The number of rotatable bonds is 2. The van der Waals surface area contributed by atoms with E-state index in [9.17, 15) is 22.4 Å². The quantitative estimate of drug-likeness (QED) is 0.580. The third-order valence-electron chi connectivity index (χ3n) is 1.83. The van der Waals surface area contributed by atoms with Crippen LogP contribution in [-0.2, 0) is 6.18 Å². The maximum Gasteiger partial charge on any atom is 0.419 e. The van der Waals surface area contributed by atoms with Crippen LogP contribution in [0.4, 0.5) is 17.6 Å². The van der Waals surface area contributed by atoms with Gasteiger partial charge in [0, 0.05) is 5.56 Å². The van der Waals surface area contributed by atoms with Crippen molar-refractivity contribution in [3.63, 3.8) is 0 Å². The molecule has 0 aliphatic heterocycles. The second-order valence-electron chi connectivity index (χ2n) is 2.95. The minimum atomic E-state index is -4.85. The van der Waals surface area contributed by atoms with Crippen LogP contribution in [0, 0.1) is 17.1 Å². The van der Waals surface area contributed by atoms with Crippen LogP contribution in [0.15, 0.2) is 18.2 Å². The van der Waals surface area contributed by atoms with Crippen LogP contribution < -0.4 is 0 Å². The van der Waals surface area contributed by atoms with E-state index in [1.165, 1.54) is 6.07 Å². The summed E-state index contributed by atoms with van der Waals surface area (Å²) in [7, 11) is 0. The molecule has 0 aromatic heterocycles. The summed E-state index contributed by atoms with van der Waals surface area (Å²) in [6.07, 6.45) is -5.39. The van der Waals surface area contributed by atoms with Crippen LogP contribution in [-0.4, -0.2) is 5.78 Å². The molecule has 0 fully saturated rings. The Bertz CT molecular complexity index is 459. The van der Waals surface area contributed by atoms with Gasteiger partial charge in [-0.3, -0.25) is 4.79 Å². The lowest BCUT2D eigenvalue weighted by Crippen LogP contribution is -2.10. The highest BCUT2D eigenvalue weighted by Gasteiger charge is 2.34. The number of nitrogens with zero attached hydrogens (tertiary/aromatic N) is 1. The van der Waals surface area contributed by atoms with Gasteiger partial charge < -0.3 is 0 Å². The normalized spacial score (nSPS) is 10.9. The Morgan fingerprint density at radius 3 is 2.50 bits per heavy atom. The molecule has 0 heterocycles. The Hall–Kier alpha value is -1.90. The maximum absolute atomic E-state index is 12.8. The molecule has 2 nitrogen and oxygen atoms in total. The Morgan fingerprint density at radius 1 is 1.38 bits per heavy atom. The first-order valence-electron chi connectivity index (χ1n) is 4.13. The topological polar surface area (TPSA) is 40.9 Å². The molecule has 0 aliphatic rings. The van der Waals surface area contributed by atoms with E-state index in [4.69, 9.17) is 5.26 Å². The molecule has 1 rings (SSSR count). The fraction of sp³-hybridized carbons (Fsp3) is 0.200. The number of benzene rings is 1. The molecular weight excluding hydrogens is 226 g/mol. The summed E-state index contributed by atoms with van der Waals surface area (Å²) in [5, 5.41) is 8.21. The predicted molar refractivity (Wildman–Crippen MR) is 46.0 cm³/mol. The van der Waals surface area contributed by atoms with Gasteiger partial charge in [0.05, 0.1) is 18.1 Å². The molecule has 6 heteroatoms. The smallest absolute Gasteiger partial charge is 0.293 e. The lowest BCUT2D eigenvalue weighted by Gasteiger charge is -2.08. The monoisotopic (exact) mass is 231 g/mol. The molecule has 0 amide bonds. The van der Waals surface area contributed by atoms with Crippen molar-refractivity contribution < 1.29 is 22.4 Å². The van der Waals surface area contributed by atoms with Gasteiger partial charge in [-0.25, -0.2) is 4.39 Å². The maximum atomic E-state index is 12.8. The van der Waals surface area contributed by atoms with E-state index in [1.54, 1.807) is 0 Å². The van der Waals surface area contributed by atoms with E-state index in [0.717, 1.165) is 6.07 Å². The average Bonchev–Trinajstić information content (AvgIpc) is 2.16. The summed E-state index contributed by atoms with van der Waals surface area (Å²) in [6.45, 7) is 0. The molecule has 0 atom stereocenters. The molecule has 84 valence electrons. The van der Waals surface area contributed by atoms with E-state index in [-0.39, 0.29) is 5.56 Å². The first-order valence-corrected chi connectivity index (χ1v) is 4.13. The molecule has 16 heavy (non-hydrogen) atoms. The highest BCUT2D eigenvalue weighted by molar-refractivity contribution is 5.97. The Kier molecular flexibility index (Phi) is 3.28. The largest absolute Gasteiger partial charge is 0.419 e. The third-order valence-corrected chi connectivity index (χ3v) is 1.83. The molecular formula is C10H5F4NO. The first kappa shape index (κ1) is 12.2. The molecule has 0 unspecified atom stereocenters. The number of Topliss-reactive ketones (excluding diaryl/α,β-unsaturated/α-hetero) is 1. The van der Waals surface area contributed by atoms with Gasteiger partial charge in [-0.1, -0.05) is 0 Å². The summed E-state index contributed by atoms with van der Waals surface area (Å²) in [6, 6.07) is 3.41. The predicted octanol–water partition coefficient (Wildman–Crippen LogP) is 2.94. The molecule has 0 aliphatic carbocycles. The molecule has 0 bridgehead atoms. The molecule has 1 aromatic rings. The van der Waals surface area contributed by atoms with Crippen molar-refractivity contribution in [3.05, 3.63) is 35.1 Å². The lowest BCUT2D eigenvalue weighted by molar-refractivity contribution is -0.140. The first-order chi connectivity index (χ1) is 7.36. The minimum Gasteiger partial charge on any atom is -0.293 e. The Labute approximate surface area is 88.1 Å². The van der Waals surface area contributed by atoms with Crippen LogP contribution in [0.3, 0.4) is 0 Å². The number of nitriles is 1. The second-order valence-corrected chi connectivity index (χ2v) is 2.95. The van der Waals surface area contributed by atoms with Gasteiger partial charge in [-0.2, -0.15) is 18.4 Å². The lowest BCUT2D eigenvalue weighted by atomic mass is 10.0. The molecule has 0 saturated heterocycles. The van der Waals surface area contributed by atoms with Gasteiger partial charge in [0.2, 0.25) is 0 Å². The Morgan fingerprint density at radius 2 is 2.00 bits per heavy atom. The molecule has 0 radical (unpaired) electrons. The fourth-order valence-electron chi connectivity index (χ4n) is 1.09. The SMILES string of the molecule is N#CCC(=O)c1ccc(F)c(C(F)(F)F)c1. The standard InChI is InChI=1S/C10H5F4NO/c11-8-2-1-6(9(16)3-4-15)5-7(8)10(12,13)14/h1-2,5H,3H2. The minimum absolute atomic E-state index is 0.324. The molecule has 0 spiro atoms. The molecule has 1 aromatic carbocycles. The van der Waals surface area contributed by atoms with Crippen LogP contribution in [0.5, 0.6) is 0 Å². The number of ketones is 1. The third kappa shape index (κ3) is 2.57. The Balaban J connectivity index is 3.19. The number of carbonyl (C=O) groups is 1. The molecule has 0 saturated carbocycles. The number of hydrogen-bond acceptors (Lipinski definition) is 2. The van der Waals surface area contributed by atoms with Crippen molar-refractivity contribution in [1.29, 1.82) is 5.26 Å². The number of hydrogen-bond donors (Lipinski definition) is 0. The van der Waals surface area contributed by atoms with Crippen LogP contribution in [0.1, 0.15) is 22.3 Å². The van der Waals surface area contributed by atoms with E-state index < -0.39 is 29.8 Å². The van der Waals surface area contributed by atoms with Crippen LogP contribution >= 0.6 is 0 Å². The van der Waals surface area contributed by atoms with E-state index >= 15 is 0 Å². The van der Waals surface area contributed by atoms with Crippen LogP contribution in [0.25, 0.3) is 0 Å².